The van der Waals surface area contributed by atoms with Crippen molar-refractivity contribution in [3.63, 3.8) is 0 Å². The molecule has 3 heterocycles. The van der Waals surface area contributed by atoms with E-state index in [1.807, 2.05) is 11.8 Å². The van der Waals surface area contributed by atoms with Crippen molar-refractivity contribution in [1.82, 2.24) is 14.9 Å². The van der Waals surface area contributed by atoms with Gasteiger partial charge >= 0.3 is 0 Å². The standard InChI is InChI=1S/C14H15N3OS/c1-10-7-16-12(8-15-10)14(18)17-5-2-3-13(17)11-4-6-19-9-11/h4,6-9,13H,2-3,5H2,1H3/t13-/m1/s1. The maximum absolute atomic E-state index is 12.5. The lowest BCUT2D eigenvalue weighted by atomic mass is 10.1. The zero-order chi connectivity index (χ0) is 13.2. The van der Waals surface area contributed by atoms with Crippen LogP contribution in [0.15, 0.2) is 29.2 Å². The van der Waals surface area contributed by atoms with E-state index in [-0.39, 0.29) is 11.9 Å². The van der Waals surface area contributed by atoms with E-state index in [0.29, 0.717) is 5.69 Å². The number of aryl methyl sites for hydroxylation is 1. The van der Waals surface area contributed by atoms with Crippen molar-refractivity contribution >= 4 is 17.2 Å². The fourth-order valence-corrected chi connectivity index (χ4v) is 3.18. The van der Waals surface area contributed by atoms with Gasteiger partial charge in [0.25, 0.3) is 5.91 Å². The van der Waals surface area contributed by atoms with Crippen LogP contribution in [0.25, 0.3) is 0 Å². The molecule has 0 aliphatic carbocycles. The van der Waals surface area contributed by atoms with Gasteiger partial charge in [0.2, 0.25) is 0 Å². The van der Waals surface area contributed by atoms with Crippen molar-refractivity contribution in [2.24, 2.45) is 0 Å². The summed E-state index contributed by atoms with van der Waals surface area (Å²) in [4.78, 5) is 22.7. The smallest absolute Gasteiger partial charge is 0.274 e. The molecule has 2 aromatic rings. The molecule has 3 rings (SSSR count). The van der Waals surface area contributed by atoms with Crippen molar-refractivity contribution in [2.75, 3.05) is 6.54 Å². The summed E-state index contributed by atoms with van der Waals surface area (Å²) < 4.78 is 0. The molecule has 19 heavy (non-hydrogen) atoms. The molecule has 1 saturated heterocycles. The number of hydrogen-bond acceptors (Lipinski definition) is 4. The number of carbonyl (C=O) groups is 1. The maximum Gasteiger partial charge on any atom is 0.274 e. The van der Waals surface area contributed by atoms with Gasteiger partial charge in [-0.05, 0) is 42.2 Å². The van der Waals surface area contributed by atoms with Gasteiger partial charge in [-0.2, -0.15) is 11.3 Å². The van der Waals surface area contributed by atoms with Gasteiger partial charge in [-0.25, -0.2) is 4.98 Å². The summed E-state index contributed by atoms with van der Waals surface area (Å²) in [6.45, 7) is 2.67. The van der Waals surface area contributed by atoms with Crippen molar-refractivity contribution in [1.29, 1.82) is 0 Å². The SMILES string of the molecule is Cc1cnc(C(=O)N2CCC[C@@H]2c2ccsc2)cn1. The third-order valence-electron chi connectivity index (χ3n) is 3.44. The highest BCUT2D eigenvalue weighted by molar-refractivity contribution is 7.07. The summed E-state index contributed by atoms with van der Waals surface area (Å²) >= 11 is 1.67. The Hall–Kier alpha value is -1.75. The first-order valence-electron chi connectivity index (χ1n) is 6.37. The molecule has 2 aromatic heterocycles. The van der Waals surface area contributed by atoms with Crippen molar-refractivity contribution in [2.45, 2.75) is 25.8 Å². The van der Waals surface area contributed by atoms with Gasteiger partial charge in [0.1, 0.15) is 5.69 Å². The summed E-state index contributed by atoms with van der Waals surface area (Å²) in [5.41, 5.74) is 2.50. The average molecular weight is 273 g/mol. The topological polar surface area (TPSA) is 46.1 Å². The minimum atomic E-state index is -0.0128. The minimum Gasteiger partial charge on any atom is -0.330 e. The quantitative estimate of drug-likeness (QED) is 0.845. The van der Waals surface area contributed by atoms with Crippen LogP contribution in [0.5, 0.6) is 0 Å². The van der Waals surface area contributed by atoms with Gasteiger partial charge < -0.3 is 4.90 Å². The van der Waals surface area contributed by atoms with Crippen LogP contribution in [0.2, 0.25) is 0 Å². The number of thiophene rings is 1. The molecule has 0 aromatic carbocycles. The molecule has 1 atom stereocenters. The molecule has 4 nitrogen and oxygen atoms in total. The Bertz CT molecular complexity index is 565. The minimum absolute atomic E-state index is 0.0128. The molecular weight excluding hydrogens is 258 g/mol. The van der Waals surface area contributed by atoms with Crippen LogP contribution in [0.1, 0.15) is 40.6 Å². The molecule has 0 bridgehead atoms. The normalized spacial score (nSPS) is 18.8. The Morgan fingerprint density at radius 3 is 3.00 bits per heavy atom. The van der Waals surface area contributed by atoms with E-state index in [0.717, 1.165) is 25.1 Å². The number of likely N-dealkylation sites (tertiary alicyclic amines) is 1. The molecule has 5 heteroatoms. The summed E-state index contributed by atoms with van der Waals surface area (Å²) in [5, 5.41) is 4.18. The molecule has 1 amide bonds. The van der Waals surface area contributed by atoms with E-state index in [1.54, 1.807) is 23.7 Å². The second kappa shape index (κ2) is 5.09. The molecule has 0 unspecified atom stereocenters. The van der Waals surface area contributed by atoms with E-state index in [1.165, 1.54) is 5.56 Å². The molecule has 1 fully saturated rings. The van der Waals surface area contributed by atoms with Crippen LogP contribution >= 0.6 is 11.3 Å². The molecular formula is C14H15N3OS. The number of rotatable bonds is 2. The van der Waals surface area contributed by atoms with E-state index in [2.05, 4.69) is 26.8 Å². The van der Waals surface area contributed by atoms with Gasteiger partial charge in [0.05, 0.1) is 17.9 Å². The molecule has 98 valence electrons. The fraction of sp³-hybridized carbons (Fsp3) is 0.357. The lowest BCUT2D eigenvalue weighted by Crippen LogP contribution is -2.31. The van der Waals surface area contributed by atoms with E-state index >= 15 is 0 Å². The van der Waals surface area contributed by atoms with Crippen molar-refractivity contribution in [3.05, 3.63) is 46.2 Å². The van der Waals surface area contributed by atoms with Crippen molar-refractivity contribution < 1.29 is 4.79 Å². The average Bonchev–Trinajstić information content (AvgIpc) is 3.09. The molecule has 0 spiro atoms. The lowest BCUT2D eigenvalue weighted by molar-refractivity contribution is 0.0729. The van der Waals surface area contributed by atoms with E-state index in [4.69, 9.17) is 0 Å². The second-order valence-corrected chi connectivity index (χ2v) is 5.54. The molecule has 0 N–H and O–H groups in total. The largest absolute Gasteiger partial charge is 0.330 e. The number of nitrogens with zero attached hydrogens (tertiary/aromatic N) is 3. The zero-order valence-electron chi connectivity index (χ0n) is 10.7. The first kappa shape index (κ1) is 12.3. The molecule has 1 aliphatic heterocycles. The maximum atomic E-state index is 12.5. The third-order valence-corrected chi connectivity index (χ3v) is 4.14. The Balaban J connectivity index is 1.84. The van der Waals surface area contributed by atoms with Gasteiger partial charge in [0, 0.05) is 12.7 Å². The first-order valence-corrected chi connectivity index (χ1v) is 7.31. The predicted octanol–water partition coefficient (Wildman–Crippen LogP) is 2.82. The second-order valence-electron chi connectivity index (χ2n) is 4.76. The highest BCUT2D eigenvalue weighted by Crippen LogP contribution is 2.33. The predicted molar refractivity (Wildman–Crippen MR) is 74.1 cm³/mol. The Kier molecular flexibility index (Phi) is 3.29. The van der Waals surface area contributed by atoms with Crippen molar-refractivity contribution in [3.8, 4) is 0 Å². The summed E-state index contributed by atoms with van der Waals surface area (Å²) in [5.74, 6) is -0.0128. The number of carbonyl (C=O) groups excluding carboxylic acids is 1. The van der Waals surface area contributed by atoms with Gasteiger partial charge in [0.15, 0.2) is 0 Å². The molecule has 0 radical (unpaired) electrons. The van der Waals surface area contributed by atoms with Crippen LogP contribution in [-0.2, 0) is 0 Å². The van der Waals surface area contributed by atoms with Gasteiger partial charge in [-0.3, -0.25) is 9.78 Å². The fourth-order valence-electron chi connectivity index (χ4n) is 2.47. The van der Waals surface area contributed by atoms with Crippen LogP contribution in [0.4, 0.5) is 0 Å². The summed E-state index contributed by atoms with van der Waals surface area (Å²) in [6.07, 6.45) is 5.29. The molecule has 1 aliphatic rings. The van der Waals surface area contributed by atoms with Gasteiger partial charge in [-0.1, -0.05) is 0 Å². The highest BCUT2D eigenvalue weighted by Gasteiger charge is 2.31. The van der Waals surface area contributed by atoms with E-state index in [9.17, 15) is 4.79 Å². The van der Waals surface area contributed by atoms with E-state index < -0.39 is 0 Å². The van der Waals surface area contributed by atoms with Crippen LogP contribution < -0.4 is 0 Å². The Morgan fingerprint density at radius 1 is 1.42 bits per heavy atom. The number of hydrogen-bond donors (Lipinski definition) is 0. The van der Waals surface area contributed by atoms with Crippen LogP contribution in [0, 0.1) is 6.92 Å². The summed E-state index contributed by atoms with van der Waals surface area (Å²) in [7, 11) is 0. The van der Waals surface area contributed by atoms with Crippen LogP contribution in [0.3, 0.4) is 0 Å². The number of amides is 1. The number of aromatic nitrogens is 2. The Morgan fingerprint density at radius 2 is 2.32 bits per heavy atom. The molecule has 0 saturated carbocycles. The Labute approximate surface area is 116 Å². The third kappa shape index (κ3) is 2.38. The summed E-state index contributed by atoms with van der Waals surface area (Å²) in [6, 6.07) is 2.30. The zero-order valence-corrected chi connectivity index (χ0v) is 11.6. The van der Waals surface area contributed by atoms with Gasteiger partial charge in [-0.15, -0.1) is 0 Å². The monoisotopic (exact) mass is 273 g/mol. The first-order chi connectivity index (χ1) is 9.25. The van der Waals surface area contributed by atoms with Crippen LogP contribution in [-0.4, -0.2) is 27.3 Å². The lowest BCUT2D eigenvalue weighted by Gasteiger charge is -2.23. The highest BCUT2D eigenvalue weighted by atomic mass is 32.1.